The zero-order valence-electron chi connectivity index (χ0n) is 17.6. The summed E-state index contributed by atoms with van der Waals surface area (Å²) < 4.78 is 6.63. The number of hydrogen-bond donors (Lipinski definition) is 2. The van der Waals surface area contributed by atoms with Gasteiger partial charge in [-0.3, -0.25) is 10.3 Å². The number of aromatic nitrogens is 4. The minimum Gasteiger partial charge on any atom is -0.453 e. The number of anilines is 1. The van der Waals surface area contributed by atoms with Crippen molar-refractivity contribution in [2.45, 2.75) is 26.4 Å². The molecule has 5 rings (SSSR count). The van der Waals surface area contributed by atoms with Gasteiger partial charge < -0.3 is 9.84 Å². The summed E-state index contributed by atoms with van der Waals surface area (Å²) >= 11 is 1.41. The summed E-state index contributed by atoms with van der Waals surface area (Å²) in [6.07, 6.45) is 2.84. The third-order valence-corrected chi connectivity index (χ3v) is 6.47. The highest BCUT2D eigenvalue weighted by atomic mass is 32.1. The molecule has 4 aromatic rings. The molecule has 3 aromatic heterocycles. The van der Waals surface area contributed by atoms with Crippen LogP contribution in [0.5, 0.6) is 0 Å². The monoisotopic (exact) mass is 447 g/mol. The van der Waals surface area contributed by atoms with E-state index in [-0.39, 0.29) is 6.61 Å². The summed E-state index contributed by atoms with van der Waals surface area (Å²) in [7, 11) is 1.33. The lowest BCUT2D eigenvalue weighted by atomic mass is 9.95. The molecule has 32 heavy (non-hydrogen) atoms. The first-order chi connectivity index (χ1) is 15.6. The fourth-order valence-electron chi connectivity index (χ4n) is 3.83. The Morgan fingerprint density at radius 1 is 1.22 bits per heavy atom. The number of amides is 1. The second-order valence-corrected chi connectivity index (χ2v) is 8.51. The van der Waals surface area contributed by atoms with Crippen LogP contribution in [-0.2, 0) is 24.2 Å². The molecule has 1 amide bonds. The Balaban J connectivity index is 1.69. The van der Waals surface area contributed by atoms with Gasteiger partial charge in [0, 0.05) is 23.0 Å². The number of carbonyl (C=O) groups is 1. The van der Waals surface area contributed by atoms with E-state index in [2.05, 4.69) is 15.3 Å². The van der Waals surface area contributed by atoms with Gasteiger partial charge in [-0.05, 0) is 49.6 Å². The summed E-state index contributed by atoms with van der Waals surface area (Å²) in [5.74, 6) is 0. The molecule has 0 saturated heterocycles. The molecule has 1 aliphatic carbocycles. The van der Waals surface area contributed by atoms with Gasteiger partial charge in [0.25, 0.3) is 0 Å². The minimum absolute atomic E-state index is 0.0146. The number of thiazole rings is 1. The number of methoxy groups -OCH3 is 1. The summed E-state index contributed by atoms with van der Waals surface area (Å²) in [6, 6.07) is 11.7. The van der Waals surface area contributed by atoms with Crippen molar-refractivity contribution in [1.29, 1.82) is 0 Å². The summed E-state index contributed by atoms with van der Waals surface area (Å²) in [5.41, 5.74) is 7.53. The van der Waals surface area contributed by atoms with Crippen molar-refractivity contribution >= 4 is 22.6 Å². The van der Waals surface area contributed by atoms with Crippen LogP contribution in [0.1, 0.15) is 22.5 Å². The molecular weight excluding hydrogens is 426 g/mol. The quantitative estimate of drug-likeness (QED) is 0.488. The van der Waals surface area contributed by atoms with Gasteiger partial charge in [0.1, 0.15) is 0 Å². The molecule has 0 atom stereocenters. The molecule has 0 bridgehead atoms. The maximum absolute atomic E-state index is 11.7. The smallest absolute Gasteiger partial charge is 0.413 e. The van der Waals surface area contributed by atoms with E-state index in [4.69, 9.17) is 9.84 Å². The van der Waals surface area contributed by atoms with Crippen LogP contribution in [0, 0.1) is 6.92 Å². The highest BCUT2D eigenvalue weighted by Gasteiger charge is 2.30. The SMILES string of the molecule is COC(=O)Nc1nc2c(s1)-c1c(c(-c3ccc(C)nc3)nn1-c1ccc(CO)cc1)CC2. The Morgan fingerprint density at radius 2 is 2.03 bits per heavy atom. The first-order valence-electron chi connectivity index (χ1n) is 10.2. The van der Waals surface area contributed by atoms with E-state index in [1.54, 1.807) is 0 Å². The molecular formula is C23H21N5O3S. The van der Waals surface area contributed by atoms with E-state index >= 15 is 0 Å². The van der Waals surface area contributed by atoms with Crippen LogP contribution in [0.25, 0.3) is 27.5 Å². The van der Waals surface area contributed by atoms with E-state index < -0.39 is 6.09 Å². The standard InChI is InChI=1S/C23H21N5O3S/c1-13-3-6-15(11-24-13)19-17-9-10-18-21(32-22(25-18)26-23(30)31-2)20(17)28(27-19)16-7-4-14(12-29)5-8-16/h3-8,11,29H,9-10,12H2,1-2H3,(H,25,26,30). The highest BCUT2D eigenvalue weighted by molar-refractivity contribution is 7.19. The van der Waals surface area contributed by atoms with Crippen LogP contribution in [0.2, 0.25) is 0 Å². The van der Waals surface area contributed by atoms with Crippen molar-refractivity contribution in [2.75, 3.05) is 12.4 Å². The van der Waals surface area contributed by atoms with Crippen molar-refractivity contribution in [1.82, 2.24) is 19.7 Å². The Morgan fingerprint density at radius 3 is 2.72 bits per heavy atom. The lowest BCUT2D eigenvalue weighted by Crippen LogP contribution is -2.10. The third kappa shape index (κ3) is 3.55. The molecule has 0 saturated carbocycles. The van der Waals surface area contributed by atoms with Gasteiger partial charge in [0.15, 0.2) is 5.13 Å². The Bertz CT molecular complexity index is 1290. The first kappa shape index (κ1) is 20.3. The highest BCUT2D eigenvalue weighted by Crippen LogP contribution is 2.44. The van der Waals surface area contributed by atoms with E-state index in [1.807, 2.05) is 54.2 Å². The molecule has 162 valence electrons. The molecule has 2 N–H and O–H groups in total. The minimum atomic E-state index is -0.546. The first-order valence-corrected chi connectivity index (χ1v) is 11.0. The molecule has 1 aromatic carbocycles. The number of aliphatic hydroxyl groups excluding tert-OH is 1. The Labute approximate surface area is 188 Å². The average molecular weight is 448 g/mol. The van der Waals surface area contributed by atoms with Gasteiger partial charge >= 0.3 is 6.09 Å². The van der Waals surface area contributed by atoms with Crippen LogP contribution >= 0.6 is 11.3 Å². The maximum Gasteiger partial charge on any atom is 0.413 e. The largest absolute Gasteiger partial charge is 0.453 e. The molecule has 0 spiro atoms. The van der Waals surface area contributed by atoms with E-state index in [9.17, 15) is 9.90 Å². The number of aliphatic hydroxyl groups is 1. The predicted octanol–water partition coefficient (Wildman–Crippen LogP) is 4.14. The summed E-state index contributed by atoms with van der Waals surface area (Å²) in [6.45, 7) is 1.94. The number of benzene rings is 1. The van der Waals surface area contributed by atoms with Gasteiger partial charge in [-0.2, -0.15) is 5.10 Å². The molecule has 1 aliphatic rings. The zero-order valence-corrected chi connectivity index (χ0v) is 18.4. The van der Waals surface area contributed by atoms with Crippen molar-refractivity contribution in [3.05, 3.63) is 65.1 Å². The molecule has 0 fully saturated rings. The van der Waals surface area contributed by atoms with E-state index in [0.29, 0.717) is 5.13 Å². The van der Waals surface area contributed by atoms with Gasteiger partial charge in [-0.25, -0.2) is 14.5 Å². The number of aryl methyl sites for hydroxylation is 2. The Hall–Kier alpha value is -3.56. The fraction of sp³-hybridized carbons (Fsp3) is 0.217. The number of fused-ring (bicyclic) bond motifs is 3. The van der Waals surface area contributed by atoms with Crippen LogP contribution in [0.3, 0.4) is 0 Å². The van der Waals surface area contributed by atoms with Gasteiger partial charge in [-0.1, -0.05) is 23.5 Å². The predicted molar refractivity (Wildman–Crippen MR) is 122 cm³/mol. The van der Waals surface area contributed by atoms with Crippen molar-refractivity contribution in [3.63, 3.8) is 0 Å². The fourth-order valence-corrected chi connectivity index (χ4v) is 4.89. The van der Waals surface area contributed by atoms with Crippen LogP contribution < -0.4 is 5.32 Å². The number of ether oxygens (including phenoxy) is 1. The lowest BCUT2D eigenvalue weighted by molar-refractivity contribution is 0.187. The normalized spacial score (nSPS) is 12.2. The molecule has 0 aliphatic heterocycles. The topological polar surface area (TPSA) is 102 Å². The van der Waals surface area contributed by atoms with Gasteiger partial charge in [0.2, 0.25) is 0 Å². The van der Waals surface area contributed by atoms with Gasteiger partial charge in [-0.15, -0.1) is 0 Å². The number of pyridine rings is 1. The van der Waals surface area contributed by atoms with Crippen molar-refractivity contribution < 1.29 is 14.6 Å². The molecule has 0 unspecified atom stereocenters. The molecule has 9 heteroatoms. The van der Waals surface area contributed by atoms with Gasteiger partial charge in [0.05, 0.1) is 41.4 Å². The van der Waals surface area contributed by atoms with E-state index in [0.717, 1.165) is 62.9 Å². The van der Waals surface area contributed by atoms with Crippen LogP contribution in [0.4, 0.5) is 9.93 Å². The average Bonchev–Trinajstić information content (AvgIpc) is 3.40. The molecule has 8 nitrogen and oxygen atoms in total. The number of rotatable bonds is 4. The number of nitrogens with zero attached hydrogens (tertiary/aromatic N) is 4. The third-order valence-electron chi connectivity index (χ3n) is 5.45. The lowest BCUT2D eigenvalue weighted by Gasteiger charge is -2.14. The zero-order chi connectivity index (χ0) is 22.2. The van der Waals surface area contributed by atoms with E-state index in [1.165, 1.54) is 18.4 Å². The second kappa shape index (κ2) is 8.18. The van der Waals surface area contributed by atoms with Crippen molar-refractivity contribution in [2.24, 2.45) is 0 Å². The van der Waals surface area contributed by atoms with Crippen LogP contribution in [0.15, 0.2) is 42.6 Å². The second-order valence-electron chi connectivity index (χ2n) is 7.51. The number of carbonyl (C=O) groups excluding carboxylic acids is 1. The molecule has 0 radical (unpaired) electrons. The van der Waals surface area contributed by atoms with Crippen molar-refractivity contribution in [3.8, 4) is 27.5 Å². The number of hydrogen-bond acceptors (Lipinski definition) is 7. The van der Waals surface area contributed by atoms with Crippen LogP contribution in [-0.4, -0.2) is 38.1 Å². The molecule has 3 heterocycles. The number of nitrogens with one attached hydrogen (secondary N) is 1. The maximum atomic E-state index is 11.7. The Kier molecular flexibility index (Phi) is 5.20. The summed E-state index contributed by atoms with van der Waals surface area (Å²) in [5, 5.41) is 17.6. The summed E-state index contributed by atoms with van der Waals surface area (Å²) in [4.78, 5) is 21.7.